The number of hydrogen-bond acceptors (Lipinski definition) is 7. The molecule has 0 saturated carbocycles. The van der Waals surface area contributed by atoms with E-state index < -0.39 is 0 Å². The molecule has 0 aliphatic carbocycles. The lowest BCUT2D eigenvalue weighted by atomic mass is 10.3. The number of hydrogen-bond donors (Lipinski definition) is 1. The normalized spacial score (nSPS) is 13.0. The molecule has 0 unspecified atom stereocenters. The van der Waals surface area contributed by atoms with E-state index in [1.165, 1.54) is 0 Å². The van der Waals surface area contributed by atoms with Crippen LogP contribution in [0.25, 0.3) is 11.0 Å². The summed E-state index contributed by atoms with van der Waals surface area (Å²) >= 11 is 3.87. The van der Waals surface area contributed by atoms with Crippen molar-refractivity contribution in [1.29, 1.82) is 0 Å². The van der Waals surface area contributed by atoms with Crippen molar-refractivity contribution >= 4 is 51.2 Å². The minimum absolute atomic E-state index is 0.178. The van der Waals surface area contributed by atoms with E-state index in [9.17, 15) is 0 Å². The highest BCUT2D eigenvalue weighted by Gasteiger charge is 2.20. The van der Waals surface area contributed by atoms with Crippen molar-refractivity contribution in [3.63, 3.8) is 0 Å². The molecular formula is C18H19IN4O3S. The standard InChI is InChI=1S/C18H19IN4O3S/c1-10(2)24-6-5-23-12-3-4-21-17(20)16(12)22-18(23)27-15-8-14-13(7-11(15)19)25-9-26-14/h3-4,7-8,10H,5-6,9H2,1-2H3,(H2,20,21). The molecular weight excluding hydrogens is 479 g/mol. The van der Waals surface area contributed by atoms with E-state index in [0.29, 0.717) is 24.5 Å². The van der Waals surface area contributed by atoms with Crippen LogP contribution in [0.1, 0.15) is 13.8 Å². The van der Waals surface area contributed by atoms with Crippen molar-refractivity contribution < 1.29 is 14.2 Å². The first kappa shape index (κ1) is 18.6. The van der Waals surface area contributed by atoms with Gasteiger partial charge >= 0.3 is 0 Å². The number of benzene rings is 1. The molecule has 3 heterocycles. The molecule has 2 aromatic heterocycles. The van der Waals surface area contributed by atoms with E-state index in [0.717, 1.165) is 30.6 Å². The highest BCUT2D eigenvalue weighted by molar-refractivity contribution is 14.1. The molecule has 0 atom stereocenters. The van der Waals surface area contributed by atoms with E-state index in [2.05, 4.69) is 32.1 Å². The Morgan fingerprint density at radius 1 is 1.33 bits per heavy atom. The summed E-state index contributed by atoms with van der Waals surface area (Å²) in [7, 11) is 0. The Bertz CT molecular complexity index is 992. The highest BCUT2D eigenvalue weighted by Crippen LogP contribution is 2.41. The van der Waals surface area contributed by atoms with Gasteiger partial charge in [-0.15, -0.1) is 0 Å². The maximum Gasteiger partial charge on any atom is 0.231 e. The number of nitrogen functional groups attached to an aromatic ring is 1. The second kappa shape index (κ2) is 7.72. The predicted molar refractivity (Wildman–Crippen MR) is 112 cm³/mol. The number of ether oxygens (including phenoxy) is 3. The number of fused-ring (bicyclic) bond motifs is 2. The average molecular weight is 498 g/mol. The van der Waals surface area contributed by atoms with Crippen LogP contribution in [0.5, 0.6) is 11.5 Å². The minimum Gasteiger partial charge on any atom is -0.454 e. The van der Waals surface area contributed by atoms with Crippen molar-refractivity contribution in [1.82, 2.24) is 14.5 Å². The Balaban J connectivity index is 1.71. The Kier molecular flexibility index (Phi) is 5.33. The van der Waals surface area contributed by atoms with Crippen LogP contribution in [0.3, 0.4) is 0 Å². The zero-order valence-electron chi connectivity index (χ0n) is 14.9. The molecule has 27 heavy (non-hydrogen) atoms. The lowest BCUT2D eigenvalue weighted by Gasteiger charge is -2.12. The summed E-state index contributed by atoms with van der Waals surface area (Å²) in [6.07, 6.45) is 1.88. The van der Waals surface area contributed by atoms with E-state index in [-0.39, 0.29) is 12.9 Å². The molecule has 7 nitrogen and oxygen atoms in total. The van der Waals surface area contributed by atoms with Crippen molar-refractivity contribution in [2.24, 2.45) is 0 Å². The number of pyridine rings is 1. The Labute approximate surface area is 174 Å². The van der Waals surface area contributed by atoms with E-state index >= 15 is 0 Å². The van der Waals surface area contributed by atoms with Crippen LogP contribution in [0.2, 0.25) is 0 Å². The van der Waals surface area contributed by atoms with Crippen molar-refractivity contribution in [3.05, 3.63) is 28.0 Å². The summed E-state index contributed by atoms with van der Waals surface area (Å²) < 4.78 is 19.9. The molecule has 9 heteroatoms. The van der Waals surface area contributed by atoms with Crippen LogP contribution < -0.4 is 15.2 Å². The smallest absolute Gasteiger partial charge is 0.231 e. The maximum absolute atomic E-state index is 6.05. The second-order valence-corrected chi connectivity index (χ2v) is 8.44. The van der Waals surface area contributed by atoms with Gasteiger partial charge in [-0.2, -0.15) is 0 Å². The molecule has 1 aliphatic heterocycles. The maximum atomic E-state index is 6.05. The predicted octanol–water partition coefficient (Wildman–Crippen LogP) is 3.92. The fraction of sp³-hybridized carbons (Fsp3) is 0.333. The van der Waals surface area contributed by atoms with Gasteiger partial charge in [-0.3, -0.25) is 0 Å². The van der Waals surface area contributed by atoms with Gasteiger partial charge in [0.1, 0.15) is 5.52 Å². The van der Waals surface area contributed by atoms with Gasteiger partial charge in [0.2, 0.25) is 6.79 Å². The number of rotatable bonds is 6. The van der Waals surface area contributed by atoms with Crippen LogP contribution in [0.4, 0.5) is 5.82 Å². The molecule has 0 saturated heterocycles. The van der Waals surface area contributed by atoms with Gasteiger partial charge in [-0.05, 0) is 54.6 Å². The largest absolute Gasteiger partial charge is 0.454 e. The lowest BCUT2D eigenvalue weighted by Crippen LogP contribution is -2.11. The van der Waals surface area contributed by atoms with Gasteiger partial charge < -0.3 is 24.5 Å². The molecule has 2 N–H and O–H groups in total. The van der Waals surface area contributed by atoms with E-state index in [1.807, 2.05) is 32.0 Å². The quantitative estimate of drug-likeness (QED) is 0.516. The van der Waals surface area contributed by atoms with Crippen LogP contribution in [-0.2, 0) is 11.3 Å². The summed E-state index contributed by atoms with van der Waals surface area (Å²) in [4.78, 5) is 9.96. The highest BCUT2D eigenvalue weighted by atomic mass is 127. The third kappa shape index (κ3) is 3.81. The van der Waals surface area contributed by atoms with Crippen molar-refractivity contribution in [2.75, 3.05) is 19.1 Å². The topological polar surface area (TPSA) is 84.4 Å². The van der Waals surface area contributed by atoms with Crippen LogP contribution in [0, 0.1) is 3.57 Å². The van der Waals surface area contributed by atoms with Gasteiger partial charge in [0.15, 0.2) is 22.5 Å². The van der Waals surface area contributed by atoms with E-state index in [1.54, 1.807) is 18.0 Å². The summed E-state index contributed by atoms with van der Waals surface area (Å²) in [5, 5.41) is 0.842. The number of halogens is 1. The van der Waals surface area contributed by atoms with Gasteiger partial charge in [0.05, 0.1) is 18.2 Å². The second-order valence-electron chi connectivity index (χ2n) is 6.27. The molecule has 1 aromatic carbocycles. The molecule has 0 radical (unpaired) electrons. The van der Waals surface area contributed by atoms with Crippen molar-refractivity contribution in [3.8, 4) is 11.5 Å². The molecule has 3 aromatic rings. The number of nitrogens with two attached hydrogens (primary N) is 1. The van der Waals surface area contributed by atoms with Gasteiger partial charge in [-0.25, -0.2) is 9.97 Å². The summed E-state index contributed by atoms with van der Waals surface area (Å²) in [6, 6.07) is 5.91. The molecule has 0 amide bonds. The van der Waals surface area contributed by atoms with Crippen molar-refractivity contribution in [2.45, 2.75) is 36.5 Å². The van der Waals surface area contributed by atoms with Gasteiger partial charge in [-0.1, -0.05) is 11.8 Å². The summed E-state index contributed by atoms with van der Waals surface area (Å²) in [5.74, 6) is 1.96. The zero-order valence-corrected chi connectivity index (χ0v) is 17.9. The Morgan fingerprint density at radius 2 is 2.11 bits per heavy atom. The summed E-state index contributed by atoms with van der Waals surface area (Å²) in [6.45, 7) is 5.59. The first-order valence-electron chi connectivity index (χ1n) is 8.52. The first-order valence-corrected chi connectivity index (χ1v) is 10.4. The molecule has 4 rings (SSSR count). The fourth-order valence-corrected chi connectivity index (χ4v) is 4.52. The lowest BCUT2D eigenvalue weighted by molar-refractivity contribution is 0.0721. The zero-order chi connectivity index (χ0) is 19.0. The van der Waals surface area contributed by atoms with Gasteiger partial charge in [0.25, 0.3) is 0 Å². The number of nitrogens with zero attached hydrogens (tertiary/aromatic N) is 3. The summed E-state index contributed by atoms with van der Waals surface area (Å²) in [5.41, 5.74) is 7.71. The molecule has 0 bridgehead atoms. The molecule has 0 spiro atoms. The Hall–Kier alpha value is -1.72. The monoisotopic (exact) mass is 498 g/mol. The van der Waals surface area contributed by atoms with Gasteiger partial charge in [0, 0.05) is 21.2 Å². The average Bonchev–Trinajstić information content (AvgIpc) is 3.21. The fourth-order valence-electron chi connectivity index (χ4n) is 2.80. The van der Waals surface area contributed by atoms with Crippen LogP contribution in [-0.4, -0.2) is 34.0 Å². The number of imidazole rings is 1. The molecule has 0 fully saturated rings. The van der Waals surface area contributed by atoms with Crippen LogP contribution >= 0.6 is 34.4 Å². The third-order valence-electron chi connectivity index (χ3n) is 4.05. The van der Waals surface area contributed by atoms with Crippen LogP contribution in [0.15, 0.2) is 34.4 Å². The number of aromatic nitrogens is 3. The Morgan fingerprint density at radius 3 is 2.89 bits per heavy atom. The first-order chi connectivity index (χ1) is 13.0. The SMILES string of the molecule is CC(C)OCCn1c(Sc2cc3c(cc2I)OCO3)nc2c(N)nccc21. The number of anilines is 1. The van der Waals surface area contributed by atoms with E-state index in [4.69, 9.17) is 24.9 Å². The third-order valence-corrected chi connectivity index (χ3v) is 6.37. The molecule has 142 valence electrons. The molecule has 1 aliphatic rings. The minimum atomic E-state index is 0.178.